The number of carbonyl (C=O) groups excluding carboxylic acids is 1. The molecule has 8 heteroatoms. The third-order valence-corrected chi connectivity index (χ3v) is 4.86. The van der Waals surface area contributed by atoms with Gasteiger partial charge in [-0.1, -0.05) is 24.3 Å². The van der Waals surface area contributed by atoms with Crippen LogP contribution in [0.5, 0.6) is 34.5 Å². The van der Waals surface area contributed by atoms with Crippen LogP contribution in [0.4, 0.5) is 5.69 Å². The van der Waals surface area contributed by atoms with Crippen LogP contribution in [0.2, 0.25) is 0 Å². The fraction of sp³-hybridized carbons (Fsp3) is 0.115. The van der Waals surface area contributed by atoms with E-state index in [1.165, 1.54) is 37.5 Å². The standard InChI is InChI=1S/C26H25NO7/c1-32-23-14-18(15-24(33-2)26(23)34-3)5-4-16-6-9-20(28)19(12-16)27-25(31)11-8-17-7-10-21(29)22(30)13-17/h4-15,28-30H,1-3H3,(H,27,31)/b5-4+,11-8+. The summed E-state index contributed by atoms with van der Waals surface area (Å²) in [7, 11) is 4.61. The van der Waals surface area contributed by atoms with E-state index in [1.807, 2.05) is 12.2 Å². The molecule has 0 bridgehead atoms. The van der Waals surface area contributed by atoms with Crippen molar-refractivity contribution >= 4 is 29.8 Å². The minimum Gasteiger partial charge on any atom is -0.506 e. The summed E-state index contributed by atoms with van der Waals surface area (Å²) in [5.41, 5.74) is 2.29. The predicted octanol–water partition coefficient (Wildman–Crippen LogP) is 4.65. The van der Waals surface area contributed by atoms with Crippen LogP contribution < -0.4 is 19.5 Å². The van der Waals surface area contributed by atoms with Gasteiger partial charge in [-0.25, -0.2) is 0 Å². The van der Waals surface area contributed by atoms with Gasteiger partial charge in [0.05, 0.1) is 27.0 Å². The number of nitrogens with one attached hydrogen (secondary N) is 1. The lowest BCUT2D eigenvalue weighted by atomic mass is 10.1. The molecule has 0 unspecified atom stereocenters. The Hall–Kier alpha value is -4.59. The fourth-order valence-electron chi connectivity index (χ4n) is 3.14. The largest absolute Gasteiger partial charge is 0.506 e. The molecule has 0 aliphatic carbocycles. The third-order valence-electron chi connectivity index (χ3n) is 4.86. The Bertz CT molecular complexity index is 1220. The van der Waals surface area contributed by atoms with Gasteiger partial charge in [-0.3, -0.25) is 4.79 Å². The minimum absolute atomic E-state index is 0.0889. The van der Waals surface area contributed by atoms with Crippen molar-refractivity contribution < 1.29 is 34.3 Å². The van der Waals surface area contributed by atoms with Crippen LogP contribution in [0, 0.1) is 0 Å². The Labute approximate surface area is 197 Å². The van der Waals surface area contributed by atoms with Crippen LogP contribution in [0.25, 0.3) is 18.2 Å². The Kier molecular flexibility index (Phi) is 7.66. The maximum absolute atomic E-state index is 12.3. The van der Waals surface area contributed by atoms with E-state index in [-0.39, 0.29) is 22.9 Å². The number of anilines is 1. The highest BCUT2D eigenvalue weighted by Crippen LogP contribution is 2.38. The molecule has 3 rings (SSSR count). The summed E-state index contributed by atoms with van der Waals surface area (Å²) in [5.74, 6) is 0.437. The van der Waals surface area contributed by atoms with Gasteiger partial charge in [-0.05, 0) is 59.2 Å². The van der Waals surface area contributed by atoms with E-state index in [1.54, 1.807) is 44.6 Å². The summed E-state index contributed by atoms with van der Waals surface area (Å²) in [6.45, 7) is 0. The van der Waals surface area contributed by atoms with E-state index in [0.29, 0.717) is 22.8 Å². The molecule has 0 aliphatic heterocycles. The van der Waals surface area contributed by atoms with Crippen LogP contribution in [-0.2, 0) is 4.79 Å². The monoisotopic (exact) mass is 463 g/mol. The summed E-state index contributed by atoms with van der Waals surface area (Å²) in [4.78, 5) is 12.3. The molecular formula is C26H25NO7. The number of aromatic hydroxyl groups is 3. The number of ether oxygens (including phenoxy) is 3. The lowest BCUT2D eigenvalue weighted by molar-refractivity contribution is -0.111. The minimum atomic E-state index is -0.478. The third kappa shape index (κ3) is 5.80. The first-order chi connectivity index (χ1) is 16.3. The number of amides is 1. The Morgan fingerprint density at radius 3 is 1.88 bits per heavy atom. The summed E-state index contributed by atoms with van der Waals surface area (Å²) in [5, 5.41) is 31.7. The lowest BCUT2D eigenvalue weighted by Gasteiger charge is -2.12. The quantitative estimate of drug-likeness (QED) is 0.218. The number of phenols is 3. The van der Waals surface area contributed by atoms with Gasteiger partial charge >= 0.3 is 0 Å². The normalized spacial score (nSPS) is 11.0. The second-order valence-electron chi connectivity index (χ2n) is 7.14. The molecule has 8 nitrogen and oxygen atoms in total. The molecule has 176 valence electrons. The van der Waals surface area contributed by atoms with Gasteiger partial charge in [-0.2, -0.15) is 0 Å². The van der Waals surface area contributed by atoms with Crippen molar-refractivity contribution in [1.82, 2.24) is 0 Å². The summed E-state index contributed by atoms with van der Waals surface area (Å²) in [6, 6.07) is 12.6. The predicted molar refractivity (Wildman–Crippen MR) is 131 cm³/mol. The second kappa shape index (κ2) is 10.8. The molecule has 34 heavy (non-hydrogen) atoms. The molecule has 0 radical (unpaired) electrons. The van der Waals surface area contributed by atoms with Gasteiger partial charge < -0.3 is 34.8 Å². The molecule has 0 spiro atoms. The second-order valence-corrected chi connectivity index (χ2v) is 7.14. The summed E-state index contributed by atoms with van der Waals surface area (Å²) < 4.78 is 16.1. The van der Waals surface area contributed by atoms with Crippen molar-refractivity contribution in [2.45, 2.75) is 0 Å². The average molecular weight is 463 g/mol. The molecule has 3 aromatic rings. The number of hydrogen-bond donors (Lipinski definition) is 4. The first-order valence-corrected chi connectivity index (χ1v) is 10.2. The first kappa shape index (κ1) is 24.1. The highest BCUT2D eigenvalue weighted by molar-refractivity contribution is 6.03. The van der Waals surface area contributed by atoms with E-state index >= 15 is 0 Å². The van der Waals surface area contributed by atoms with Crippen LogP contribution >= 0.6 is 0 Å². The SMILES string of the molecule is COc1cc(/C=C/c2ccc(O)c(NC(=O)/C=C/c3ccc(O)c(O)c3)c2)cc(OC)c1OC. The van der Waals surface area contributed by atoms with Crippen molar-refractivity contribution in [3.63, 3.8) is 0 Å². The zero-order valence-corrected chi connectivity index (χ0v) is 18.9. The number of hydrogen-bond acceptors (Lipinski definition) is 7. The Balaban J connectivity index is 1.77. The van der Waals surface area contributed by atoms with Gasteiger partial charge in [0.2, 0.25) is 11.7 Å². The smallest absolute Gasteiger partial charge is 0.248 e. The molecule has 0 heterocycles. The van der Waals surface area contributed by atoms with Crippen LogP contribution in [-0.4, -0.2) is 42.6 Å². The topological polar surface area (TPSA) is 117 Å². The maximum Gasteiger partial charge on any atom is 0.248 e. The van der Waals surface area contributed by atoms with Crippen molar-refractivity contribution in [1.29, 1.82) is 0 Å². The van der Waals surface area contributed by atoms with Crippen LogP contribution in [0.15, 0.2) is 54.6 Å². The van der Waals surface area contributed by atoms with Gasteiger partial charge in [0.1, 0.15) is 5.75 Å². The number of benzene rings is 3. The van der Waals surface area contributed by atoms with Gasteiger partial charge in [0, 0.05) is 6.08 Å². The van der Waals surface area contributed by atoms with Gasteiger partial charge in [0.15, 0.2) is 23.0 Å². The summed E-state index contributed by atoms with van der Waals surface area (Å²) >= 11 is 0. The molecule has 3 aromatic carbocycles. The fourth-order valence-corrected chi connectivity index (χ4v) is 3.14. The van der Waals surface area contributed by atoms with Crippen molar-refractivity contribution in [3.05, 3.63) is 71.3 Å². The van der Waals surface area contributed by atoms with E-state index in [0.717, 1.165) is 11.1 Å². The zero-order chi connectivity index (χ0) is 24.7. The van der Waals surface area contributed by atoms with E-state index < -0.39 is 5.91 Å². The molecule has 1 amide bonds. The molecule has 0 aromatic heterocycles. The zero-order valence-electron chi connectivity index (χ0n) is 18.9. The van der Waals surface area contributed by atoms with E-state index in [2.05, 4.69) is 5.32 Å². The Morgan fingerprint density at radius 2 is 1.29 bits per heavy atom. The molecular weight excluding hydrogens is 438 g/mol. The Morgan fingerprint density at radius 1 is 0.706 bits per heavy atom. The van der Waals surface area contributed by atoms with Gasteiger partial charge in [-0.15, -0.1) is 0 Å². The number of carbonyl (C=O) groups is 1. The average Bonchev–Trinajstić information content (AvgIpc) is 2.84. The molecule has 0 fully saturated rings. The van der Waals surface area contributed by atoms with Crippen LogP contribution in [0.1, 0.15) is 16.7 Å². The van der Waals surface area contributed by atoms with Gasteiger partial charge in [0.25, 0.3) is 0 Å². The highest BCUT2D eigenvalue weighted by Gasteiger charge is 2.12. The van der Waals surface area contributed by atoms with Crippen molar-refractivity contribution in [2.24, 2.45) is 0 Å². The molecule has 0 saturated heterocycles. The van der Waals surface area contributed by atoms with E-state index in [4.69, 9.17) is 14.2 Å². The van der Waals surface area contributed by atoms with Crippen molar-refractivity contribution in [3.8, 4) is 34.5 Å². The van der Waals surface area contributed by atoms with E-state index in [9.17, 15) is 20.1 Å². The lowest BCUT2D eigenvalue weighted by Crippen LogP contribution is -2.08. The molecule has 4 N–H and O–H groups in total. The maximum atomic E-state index is 12.3. The number of rotatable bonds is 8. The summed E-state index contributed by atoms with van der Waals surface area (Å²) in [6.07, 6.45) is 6.37. The van der Waals surface area contributed by atoms with Crippen LogP contribution in [0.3, 0.4) is 0 Å². The molecule has 0 aliphatic rings. The number of phenolic OH excluding ortho intramolecular Hbond substituents is 3. The molecule has 0 saturated carbocycles. The molecule has 0 atom stereocenters. The van der Waals surface area contributed by atoms with Crippen molar-refractivity contribution in [2.75, 3.05) is 26.6 Å². The first-order valence-electron chi connectivity index (χ1n) is 10.2. The highest BCUT2D eigenvalue weighted by atomic mass is 16.5. The number of methoxy groups -OCH3 is 3.